The second-order valence-corrected chi connectivity index (χ2v) is 3.72. The third-order valence-corrected chi connectivity index (χ3v) is 2.42. The van der Waals surface area contributed by atoms with Gasteiger partial charge in [-0.3, -0.25) is 9.78 Å². The Labute approximate surface area is 100 Å². The van der Waals surface area contributed by atoms with Crippen molar-refractivity contribution >= 4 is 5.78 Å². The number of hydrogen-bond donors (Lipinski definition) is 0. The molecule has 3 nitrogen and oxygen atoms in total. The first-order valence-corrected chi connectivity index (χ1v) is 5.38. The van der Waals surface area contributed by atoms with Crippen molar-refractivity contribution in [3.05, 3.63) is 59.9 Å². The lowest BCUT2D eigenvalue weighted by atomic mass is 10.1. The number of carbonyl (C=O) groups is 1. The van der Waals surface area contributed by atoms with Crippen molar-refractivity contribution < 1.29 is 9.53 Å². The molecule has 2 rings (SSSR count). The molecule has 0 saturated carbocycles. The van der Waals surface area contributed by atoms with E-state index in [1.807, 2.05) is 12.1 Å². The minimum Gasteiger partial charge on any atom is -0.489 e. The van der Waals surface area contributed by atoms with Gasteiger partial charge in [0, 0.05) is 18.0 Å². The predicted octanol–water partition coefficient (Wildman–Crippen LogP) is 2.86. The number of ether oxygens (including phenoxy) is 1. The molecular formula is C14H13NO2. The number of rotatable bonds is 4. The first-order chi connectivity index (χ1) is 8.25. The quantitative estimate of drug-likeness (QED) is 0.754. The van der Waals surface area contributed by atoms with Gasteiger partial charge in [-0.15, -0.1) is 0 Å². The van der Waals surface area contributed by atoms with Crippen molar-refractivity contribution in [3.8, 4) is 5.75 Å². The normalized spacial score (nSPS) is 9.94. The SMILES string of the molecule is CC(=O)c1ccc(OCc2ccncc2)cc1. The van der Waals surface area contributed by atoms with Crippen LogP contribution in [0.4, 0.5) is 0 Å². The molecule has 1 aromatic carbocycles. The van der Waals surface area contributed by atoms with Crippen LogP contribution >= 0.6 is 0 Å². The number of aromatic nitrogens is 1. The maximum atomic E-state index is 11.1. The van der Waals surface area contributed by atoms with Gasteiger partial charge in [0.1, 0.15) is 12.4 Å². The Morgan fingerprint density at radius 2 is 1.76 bits per heavy atom. The molecule has 0 spiro atoms. The minimum atomic E-state index is 0.0608. The fourth-order valence-corrected chi connectivity index (χ4v) is 1.43. The molecule has 0 aliphatic carbocycles. The number of Topliss-reactive ketones (excluding diaryl/α,β-unsaturated/α-hetero) is 1. The highest BCUT2D eigenvalue weighted by atomic mass is 16.5. The summed E-state index contributed by atoms with van der Waals surface area (Å²) in [4.78, 5) is 15.0. The zero-order valence-electron chi connectivity index (χ0n) is 9.59. The van der Waals surface area contributed by atoms with Gasteiger partial charge in [-0.2, -0.15) is 0 Å². The van der Waals surface area contributed by atoms with Crippen LogP contribution in [-0.2, 0) is 6.61 Å². The fourth-order valence-electron chi connectivity index (χ4n) is 1.43. The Hall–Kier alpha value is -2.16. The molecule has 0 N–H and O–H groups in total. The summed E-state index contributed by atoms with van der Waals surface area (Å²) in [5.74, 6) is 0.817. The highest BCUT2D eigenvalue weighted by molar-refractivity contribution is 5.94. The summed E-state index contributed by atoms with van der Waals surface area (Å²) in [7, 11) is 0. The number of carbonyl (C=O) groups excluding carboxylic acids is 1. The molecule has 0 amide bonds. The summed E-state index contributed by atoms with van der Waals surface area (Å²) in [5.41, 5.74) is 1.76. The molecule has 0 unspecified atom stereocenters. The van der Waals surface area contributed by atoms with Crippen LogP contribution in [0.25, 0.3) is 0 Å². The monoisotopic (exact) mass is 227 g/mol. The Morgan fingerprint density at radius 3 is 2.35 bits per heavy atom. The summed E-state index contributed by atoms with van der Waals surface area (Å²) in [6, 6.07) is 11.0. The summed E-state index contributed by atoms with van der Waals surface area (Å²) >= 11 is 0. The average molecular weight is 227 g/mol. The van der Waals surface area contributed by atoms with E-state index in [-0.39, 0.29) is 5.78 Å². The van der Waals surface area contributed by atoms with Crippen LogP contribution < -0.4 is 4.74 Å². The van der Waals surface area contributed by atoms with Crippen LogP contribution in [0.2, 0.25) is 0 Å². The van der Waals surface area contributed by atoms with E-state index in [9.17, 15) is 4.79 Å². The Morgan fingerprint density at radius 1 is 1.12 bits per heavy atom. The van der Waals surface area contributed by atoms with Gasteiger partial charge in [-0.25, -0.2) is 0 Å². The molecular weight excluding hydrogens is 214 g/mol. The maximum Gasteiger partial charge on any atom is 0.159 e. The molecule has 0 radical (unpaired) electrons. The van der Waals surface area contributed by atoms with Crippen molar-refractivity contribution in [2.24, 2.45) is 0 Å². The van der Waals surface area contributed by atoms with Crippen LogP contribution in [-0.4, -0.2) is 10.8 Å². The van der Waals surface area contributed by atoms with Crippen LogP contribution in [0.15, 0.2) is 48.8 Å². The molecule has 0 bridgehead atoms. The lowest BCUT2D eigenvalue weighted by Gasteiger charge is -2.06. The number of pyridine rings is 1. The standard InChI is InChI=1S/C14H13NO2/c1-11(16)13-2-4-14(5-3-13)17-10-12-6-8-15-9-7-12/h2-9H,10H2,1H3. The van der Waals surface area contributed by atoms with Crippen LogP contribution in [0.5, 0.6) is 5.75 Å². The Bertz CT molecular complexity index is 491. The van der Waals surface area contributed by atoms with Crippen LogP contribution in [0.3, 0.4) is 0 Å². The van der Waals surface area contributed by atoms with E-state index in [1.54, 1.807) is 43.6 Å². The molecule has 17 heavy (non-hydrogen) atoms. The molecule has 0 aliphatic rings. The van der Waals surface area contributed by atoms with E-state index < -0.39 is 0 Å². The fraction of sp³-hybridized carbons (Fsp3) is 0.143. The topological polar surface area (TPSA) is 39.2 Å². The molecule has 1 aromatic heterocycles. The lowest BCUT2D eigenvalue weighted by Crippen LogP contribution is -1.96. The van der Waals surface area contributed by atoms with Gasteiger partial charge in [0.25, 0.3) is 0 Å². The van der Waals surface area contributed by atoms with Crippen molar-refractivity contribution in [2.45, 2.75) is 13.5 Å². The van der Waals surface area contributed by atoms with Crippen molar-refractivity contribution in [2.75, 3.05) is 0 Å². The summed E-state index contributed by atoms with van der Waals surface area (Å²) in [5, 5.41) is 0. The van der Waals surface area contributed by atoms with Gasteiger partial charge in [0.15, 0.2) is 5.78 Å². The Balaban J connectivity index is 1.98. The van der Waals surface area contributed by atoms with E-state index in [0.717, 1.165) is 11.3 Å². The average Bonchev–Trinajstić information content (AvgIpc) is 2.38. The second-order valence-electron chi connectivity index (χ2n) is 3.72. The third-order valence-electron chi connectivity index (χ3n) is 2.42. The molecule has 0 aliphatic heterocycles. The van der Waals surface area contributed by atoms with E-state index >= 15 is 0 Å². The van der Waals surface area contributed by atoms with Crippen LogP contribution in [0, 0.1) is 0 Å². The first-order valence-electron chi connectivity index (χ1n) is 5.38. The highest BCUT2D eigenvalue weighted by Crippen LogP contribution is 2.14. The highest BCUT2D eigenvalue weighted by Gasteiger charge is 1.99. The summed E-state index contributed by atoms with van der Waals surface area (Å²) in [6.07, 6.45) is 3.47. The molecule has 3 heteroatoms. The number of nitrogens with zero attached hydrogens (tertiary/aromatic N) is 1. The lowest BCUT2D eigenvalue weighted by molar-refractivity contribution is 0.101. The number of benzene rings is 1. The van der Waals surface area contributed by atoms with Gasteiger partial charge >= 0.3 is 0 Å². The maximum absolute atomic E-state index is 11.1. The van der Waals surface area contributed by atoms with Gasteiger partial charge in [0.2, 0.25) is 0 Å². The molecule has 0 fully saturated rings. The van der Waals surface area contributed by atoms with Crippen molar-refractivity contribution in [3.63, 3.8) is 0 Å². The third kappa shape index (κ3) is 3.14. The summed E-state index contributed by atoms with van der Waals surface area (Å²) < 4.78 is 5.59. The minimum absolute atomic E-state index is 0.0608. The first kappa shape index (κ1) is 11.3. The molecule has 0 atom stereocenters. The molecule has 2 aromatic rings. The number of hydrogen-bond acceptors (Lipinski definition) is 3. The largest absolute Gasteiger partial charge is 0.489 e. The van der Waals surface area contributed by atoms with Gasteiger partial charge < -0.3 is 4.74 Å². The second kappa shape index (κ2) is 5.25. The zero-order chi connectivity index (χ0) is 12.1. The van der Waals surface area contributed by atoms with E-state index in [2.05, 4.69) is 4.98 Å². The van der Waals surface area contributed by atoms with Gasteiger partial charge in [0.05, 0.1) is 0 Å². The van der Waals surface area contributed by atoms with Crippen LogP contribution in [0.1, 0.15) is 22.8 Å². The predicted molar refractivity (Wildman–Crippen MR) is 65.0 cm³/mol. The van der Waals surface area contributed by atoms with Crippen molar-refractivity contribution in [1.29, 1.82) is 0 Å². The van der Waals surface area contributed by atoms with E-state index in [1.165, 1.54) is 0 Å². The van der Waals surface area contributed by atoms with E-state index in [4.69, 9.17) is 4.74 Å². The molecule has 0 saturated heterocycles. The van der Waals surface area contributed by atoms with Gasteiger partial charge in [-0.05, 0) is 48.9 Å². The smallest absolute Gasteiger partial charge is 0.159 e. The molecule has 86 valence electrons. The molecule has 1 heterocycles. The van der Waals surface area contributed by atoms with E-state index in [0.29, 0.717) is 12.2 Å². The van der Waals surface area contributed by atoms with Crippen molar-refractivity contribution in [1.82, 2.24) is 4.98 Å². The summed E-state index contributed by atoms with van der Waals surface area (Å²) in [6.45, 7) is 2.05. The Kier molecular flexibility index (Phi) is 3.50. The number of ketones is 1. The zero-order valence-corrected chi connectivity index (χ0v) is 9.59. The van der Waals surface area contributed by atoms with Gasteiger partial charge in [-0.1, -0.05) is 0 Å².